The molecule has 19 heavy (non-hydrogen) atoms. The first-order chi connectivity index (χ1) is 9.15. The van der Waals surface area contributed by atoms with Gasteiger partial charge in [-0.2, -0.15) is 0 Å². The van der Waals surface area contributed by atoms with Crippen LogP contribution in [0.1, 0.15) is 37.4 Å². The quantitative estimate of drug-likeness (QED) is 0.883. The molecule has 0 bridgehead atoms. The molecule has 1 aromatic carbocycles. The van der Waals surface area contributed by atoms with E-state index in [-0.39, 0.29) is 11.8 Å². The van der Waals surface area contributed by atoms with Crippen LogP contribution in [0.4, 0.5) is 0 Å². The summed E-state index contributed by atoms with van der Waals surface area (Å²) < 4.78 is 5.82. The molecule has 3 nitrogen and oxygen atoms in total. The predicted molar refractivity (Wildman–Crippen MR) is 73.6 cm³/mol. The van der Waals surface area contributed by atoms with Crippen LogP contribution in [-0.2, 0) is 4.79 Å². The maximum atomic E-state index is 11.3. The van der Waals surface area contributed by atoms with Gasteiger partial charge in [0.05, 0.1) is 5.92 Å². The first kappa shape index (κ1) is 12.5. The summed E-state index contributed by atoms with van der Waals surface area (Å²) in [5, 5.41) is 10.9. The molecule has 1 aromatic heterocycles. The lowest BCUT2D eigenvalue weighted by Gasteiger charge is -2.26. The molecule has 0 aliphatic heterocycles. The average molecular weight is 279 g/mol. The van der Waals surface area contributed by atoms with Gasteiger partial charge in [-0.3, -0.25) is 4.79 Å². The maximum Gasteiger partial charge on any atom is 0.307 e. The van der Waals surface area contributed by atoms with Crippen LogP contribution < -0.4 is 0 Å². The van der Waals surface area contributed by atoms with Crippen molar-refractivity contribution in [3.63, 3.8) is 0 Å². The molecule has 1 aliphatic rings. The molecule has 2 aromatic rings. The molecule has 100 valence electrons. The molecule has 3 rings (SSSR count). The number of hydrogen-bond donors (Lipinski definition) is 1. The molecule has 1 saturated carbocycles. The Hall–Kier alpha value is -1.48. The third-order valence-corrected chi connectivity index (χ3v) is 4.18. The maximum absolute atomic E-state index is 11.3. The standard InChI is InChI=1S/C15H15ClO3/c16-10-5-6-13-9(7-10)8-14(19-13)11-3-1-2-4-12(11)15(17)18/h5-8,11-12H,1-4H2,(H,17,18). The van der Waals surface area contributed by atoms with Gasteiger partial charge in [0.15, 0.2) is 0 Å². The zero-order chi connectivity index (χ0) is 13.4. The second kappa shape index (κ2) is 4.89. The second-order valence-corrected chi connectivity index (χ2v) is 5.60. The fraction of sp³-hybridized carbons (Fsp3) is 0.400. The smallest absolute Gasteiger partial charge is 0.307 e. The Bertz CT molecular complexity index is 617. The van der Waals surface area contributed by atoms with Crippen LogP contribution in [0.15, 0.2) is 28.7 Å². The van der Waals surface area contributed by atoms with Crippen LogP contribution in [0.2, 0.25) is 5.02 Å². The highest BCUT2D eigenvalue weighted by molar-refractivity contribution is 6.31. The molecule has 0 amide bonds. The molecule has 0 spiro atoms. The SMILES string of the molecule is O=C(O)C1CCCCC1c1cc2cc(Cl)ccc2o1. The number of aliphatic carboxylic acids is 1. The van der Waals surface area contributed by atoms with Crippen molar-refractivity contribution in [3.8, 4) is 0 Å². The molecule has 1 fully saturated rings. The van der Waals surface area contributed by atoms with E-state index in [0.717, 1.165) is 42.4 Å². The van der Waals surface area contributed by atoms with Crippen molar-refractivity contribution < 1.29 is 14.3 Å². The third kappa shape index (κ3) is 2.35. The summed E-state index contributed by atoms with van der Waals surface area (Å²) in [5.74, 6) is -0.283. The summed E-state index contributed by atoms with van der Waals surface area (Å²) in [6.45, 7) is 0. The van der Waals surface area contributed by atoms with E-state index in [1.54, 1.807) is 6.07 Å². The van der Waals surface area contributed by atoms with E-state index < -0.39 is 5.97 Å². The number of rotatable bonds is 2. The normalized spacial score (nSPS) is 23.6. The first-order valence-corrected chi connectivity index (χ1v) is 6.95. The van der Waals surface area contributed by atoms with Crippen LogP contribution in [0.5, 0.6) is 0 Å². The van der Waals surface area contributed by atoms with Crippen LogP contribution >= 0.6 is 11.6 Å². The Balaban J connectivity index is 1.99. The predicted octanol–water partition coefficient (Wildman–Crippen LogP) is 4.44. The number of halogens is 1. The van der Waals surface area contributed by atoms with E-state index >= 15 is 0 Å². The Kier molecular flexibility index (Phi) is 3.23. The van der Waals surface area contributed by atoms with Crippen molar-refractivity contribution in [1.82, 2.24) is 0 Å². The monoisotopic (exact) mass is 278 g/mol. The molecule has 1 N–H and O–H groups in total. The molecular weight excluding hydrogens is 264 g/mol. The zero-order valence-electron chi connectivity index (χ0n) is 10.4. The van der Waals surface area contributed by atoms with Gasteiger partial charge >= 0.3 is 5.97 Å². The molecule has 2 atom stereocenters. The summed E-state index contributed by atoms with van der Waals surface area (Å²) in [6, 6.07) is 7.40. The minimum atomic E-state index is -0.719. The van der Waals surface area contributed by atoms with Crippen molar-refractivity contribution in [2.75, 3.05) is 0 Å². The van der Waals surface area contributed by atoms with Crippen molar-refractivity contribution >= 4 is 28.5 Å². The third-order valence-electron chi connectivity index (χ3n) is 3.95. The lowest BCUT2D eigenvalue weighted by Crippen LogP contribution is -2.25. The Labute approximate surface area is 116 Å². The average Bonchev–Trinajstić information content (AvgIpc) is 2.81. The number of furan rings is 1. The zero-order valence-corrected chi connectivity index (χ0v) is 11.2. The number of fused-ring (bicyclic) bond motifs is 1. The highest BCUT2D eigenvalue weighted by atomic mass is 35.5. The summed E-state index contributed by atoms with van der Waals surface area (Å²) in [4.78, 5) is 11.3. The van der Waals surface area contributed by atoms with Crippen LogP contribution in [0.25, 0.3) is 11.0 Å². The van der Waals surface area contributed by atoms with E-state index in [2.05, 4.69) is 0 Å². The fourth-order valence-corrected chi connectivity index (χ4v) is 3.17. The van der Waals surface area contributed by atoms with Gasteiger partial charge < -0.3 is 9.52 Å². The number of carboxylic acid groups (broad SMARTS) is 1. The van der Waals surface area contributed by atoms with E-state index in [4.69, 9.17) is 16.0 Å². The highest BCUT2D eigenvalue weighted by Crippen LogP contribution is 2.40. The molecule has 0 radical (unpaired) electrons. The second-order valence-electron chi connectivity index (χ2n) is 5.17. The van der Waals surface area contributed by atoms with Gasteiger partial charge in [0, 0.05) is 16.3 Å². The molecule has 1 heterocycles. The lowest BCUT2D eigenvalue weighted by molar-refractivity contribution is -0.143. The van der Waals surface area contributed by atoms with Crippen molar-refractivity contribution in [2.45, 2.75) is 31.6 Å². The van der Waals surface area contributed by atoms with Gasteiger partial charge in [-0.25, -0.2) is 0 Å². The first-order valence-electron chi connectivity index (χ1n) is 6.57. The van der Waals surface area contributed by atoms with Gasteiger partial charge in [-0.1, -0.05) is 24.4 Å². The topological polar surface area (TPSA) is 50.4 Å². The number of carbonyl (C=O) groups is 1. The summed E-state index contributed by atoms with van der Waals surface area (Å²) in [7, 11) is 0. The Morgan fingerprint density at radius 1 is 1.26 bits per heavy atom. The molecule has 4 heteroatoms. The number of hydrogen-bond acceptors (Lipinski definition) is 2. The van der Waals surface area contributed by atoms with E-state index in [0.29, 0.717) is 5.02 Å². The van der Waals surface area contributed by atoms with Gasteiger partial charge in [0.25, 0.3) is 0 Å². The molecular formula is C15H15ClO3. The van der Waals surface area contributed by atoms with Crippen molar-refractivity contribution in [2.24, 2.45) is 5.92 Å². The number of benzene rings is 1. The Morgan fingerprint density at radius 2 is 2.05 bits per heavy atom. The van der Waals surface area contributed by atoms with E-state index in [1.165, 1.54) is 0 Å². The Morgan fingerprint density at radius 3 is 2.84 bits per heavy atom. The summed E-state index contributed by atoms with van der Waals surface area (Å²) in [6.07, 6.45) is 3.66. The minimum absolute atomic E-state index is 0.0163. The van der Waals surface area contributed by atoms with Gasteiger partial charge in [0.1, 0.15) is 11.3 Å². The van der Waals surface area contributed by atoms with Gasteiger partial charge in [-0.15, -0.1) is 0 Å². The fourth-order valence-electron chi connectivity index (χ4n) is 2.98. The van der Waals surface area contributed by atoms with Crippen LogP contribution in [0.3, 0.4) is 0 Å². The van der Waals surface area contributed by atoms with E-state index in [9.17, 15) is 9.90 Å². The van der Waals surface area contributed by atoms with Gasteiger partial charge in [-0.05, 0) is 37.1 Å². The van der Waals surface area contributed by atoms with Gasteiger partial charge in [0.2, 0.25) is 0 Å². The lowest BCUT2D eigenvalue weighted by atomic mass is 9.78. The van der Waals surface area contributed by atoms with Crippen LogP contribution in [0, 0.1) is 5.92 Å². The molecule has 1 aliphatic carbocycles. The van der Waals surface area contributed by atoms with Crippen molar-refractivity contribution in [1.29, 1.82) is 0 Å². The number of carboxylic acids is 1. The molecule has 0 saturated heterocycles. The highest BCUT2D eigenvalue weighted by Gasteiger charge is 2.34. The van der Waals surface area contributed by atoms with Crippen LogP contribution in [-0.4, -0.2) is 11.1 Å². The minimum Gasteiger partial charge on any atom is -0.481 e. The largest absolute Gasteiger partial charge is 0.481 e. The summed E-state index contributed by atoms with van der Waals surface area (Å²) in [5.41, 5.74) is 0.772. The summed E-state index contributed by atoms with van der Waals surface area (Å²) >= 11 is 5.96. The van der Waals surface area contributed by atoms with Crippen molar-refractivity contribution in [3.05, 3.63) is 35.0 Å². The molecule has 2 unspecified atom stereocenters. The van der Waals surface area contributed by atoms with E-state index in [1.807, 2.05) is 18.2 Å².